The van der Waals surface area contributed by atoms with Gasteiger partial charge in [-0.15, -0.1) is 0 Å². The molecule has 0 heterocycles. The Bertz CT molecular complexity index is 553. The van der Waals surface area contributed by atoms with Crippen molar-refractivity contribution in [3.05, 3.63) is 29.3 Å². The van der Waals surface area contributed by atoms with Crippen LogP contribution in [0.2, 0.25) is 5.02 Å². The highest BCUT2D eigenvalue weighted by molar-refractivity contribution is 7.90. The zero-order chi connectivity index (χ0) is 13.2. The van der Waals surface area contributed by atoms with Crippen molar-refractivity contribution in [2.24, 2.45) is 0 Å². The van der Waals surface area contributed by atoms with Gasteiger partial charge in [-0.05, 0) is 12.1 Å². The molecule has 2 amide bonds. The summed E-state index contributed by atoms with van der Waals surface area (Å²) in [7, 11) is -4.23. The summed E-state index contributed by atoms with van der Waals surface area (Å²) >= 11 is 5.73. The van der Waals surface area contributed by atoms with Crippen LogP contribution in [0.5, 0.6) is 0 Å². The lowest BCUT2D eigenvalue weighted by Crippen LogP contribution is -2.38. The standard InChI is InChI=1S/C10H10ClNO4S/c1-7(13)12(8(2)14)17(15,16)10-6-4-3-5-9(10)11/h3-6H,1-2H3. The summed E-state index contributed by atoms with van der Waals surface area (Å²) in [6.45, 7) is 1.99. The van der Waals surface area contributed by atoms with Crippen molar-refractivity contribution in [3.8, 4) is 0 Å². The van der Waals surface area contributed by atoms with Crippen LogP contribution in [0, 0.1) is 0 Å². The quantitative estimate of drug-likeness (QED) is 0.818. The number of imide groups is 1. The van der Waals surface area contributed by atoms with Crippen LogP contribution >= 0.6 is 11.6 Å². The molecule has 0 aliphatic rings. The topological polar surface area (TPSA) is 71.5 Å². The molecule has 1 aromatic rings. The summed E-state index contributed by atoms with van der Waals surface area (Å²) in [6.07, 6.45) is 0. The molecule has 0 saturated heterocycles. The molecule has 0 N–H and O–H groups in total. The SMILES string of the molecule is CC(=O)N(C(C)=O)S(=O)(=O)c1ccccc1Cl. The second-order valence-electron chi connectivity index (χ2n) is 3.24. The Balaban J connectivity index is 3.43. The van der Waals surface area contributed by atoms with Crippen LogP contribution in [0.4, 0.5) is 0 Å². The molecule has 0 saturated carbocycles. The van der Waals surface area contributed by atoms with E-state index in [0.29, 0.717) is 0 Å². The number of rotatable bonds is 2. The predicted octanol–water partition coefficient (Wildman–Crippen LogP) is 1.42. The number of carbonyl (C=O) groups excluding carboxylic acids is 2. The van der Waals surface area contributed by atoms with Crippen molar-refractivity contribution >= 4 is 33.4 Å². The molecular weight excluding hydrogens is 266 g/mol. The Morgan fingerprint density at radius 3 is 2.00 bits per heavy atom. The van der Waals surface area contributed by atoms with Crippen LogP contribution in [-0.4, -0.2) is 24.5 Å². The Morgan fingerprint density at radius 1 is 1.12 bits per heavy atom. The molecule has 92 valence electrons. The molecule has 0 unspecified atom stereocenters. The Hall–Kier alpha value is -1.40. The van der Waals surface area contributed by atoms with Crippen molar-refractivity contribution in [1.82, 2.24) is 4.31 Å². The van der Waals surface area contributed by atoms with E-state index in [1.54, 1.807) is 6.07 Å². The maximum atomic E-state index is 12.0. The van der Waals surface area contributed by atoms with Gasteiger partial charge >= 0.3 is 0 Å². The zero-order valence-electron chi connectivity index (χ0n) is 9.18. The minimum Gasteiger partial charge on any atom is -0.274 e. The molecule has 7 heteroatoms. The van der Waals surface area contributed by atoms with Gasteiger partial charge in [-0.3, -0.25) is 9.59 Å². The summed E-state index contributed by atoms with van der Waals surface area (Å²) in [5.74, 6) is -1.75. The summed E-state index contributed by atoms with van der Waals surface area (Å²) < 4.78 is 24.3. The highest BCUT2D eigenvalue weighted by Gasteiger charge is 2.31. The minimum absolute atomic E-state index is 0.0417. The average molecular weight is 276 g/mol. The zero-order valence-corrected chi connectivity index (χ0v) is 10.7. The fourth-order valence-electron chi connectivity index (χ4n) is 1.31. The van der Waals surface area contributed by atoms with Crippen molar-refractivity contribution in [3.63, 3.8) is 0 Å². The van der Waals surface area contributed by atoms with E-state index in [1.165, 1.54) is 18.2 Å². The predicted molar refractivity (Wildman–Crippen MR) is 61.8 cm³/mol. The van der Waals surface area contributed by atoms with E-state index in [1.807, 2.05) is 0 Å². The van der Waals surface area contributed by atoms with Crippen LogP contribution in [0.3, 0.4) is 0 Å². The Labute approximate surface area is 104 Å². The van der Waals surface area contributed by atoms with Gasteiger partial charge in [0, 0.05) is 13.8 Å². The molecule has 0 aromatic heterocycles. The number of nitrogens with zero attached hydrogens (tertiary/aromatic N) is 1. The van der Waals surface area contributed by atoms with Crippen molar-refractivity contribution in [1.29, 1.82) is 0 Å². The minimum atomic E-state index is -4.23. The normalized spacial score (nSPS) is 11.0. The molecule has 0 bridgehead atoms. The number of amides is 2. The van der Waals surface area contributed by atoms with Crippen molar-refractivity contribution in [2.75, 3.05) is 0 Å². The number of benzene rings is 1. The number of carbonyl (C=O) groups is 2. The van der Waals surface area contributed by atoms with Gasteiger partial charge in [-0.2, -0.15) is 4.31 Å². The lowest BCUT2D eigenvalue weighted by molar-refractivity contribution is -0.135. The lowest BCUT2D eigenvalue weighted by atomic mass is 10.4. The van der Waals surface area contributed by atoms with Gasteiger partial charge in [0.1, 0.15) is 4.90 Å². The first-order valence-electron chi connectivity index (χ1n) is 4.59. The maximum Gasteiger partial charge on any atom is 0.274 e. The van der Waals surface area contributed by atoms with E-state index >= 15 is 0 Å². The third-order valence-electron chi connectivity index (χ3n) is 1.93. The molecule has 0 aliphatic carbocycles. The van der Waals surface area contributed by atoms with Gasteiger partial charge in [0.2, 0.25) is 11.8 Å². The maximum absolute atomic E-state index is 12.0. The van der Waals surface area contributed by atoms with Gasteiger partial charge in [0.25, 0.3) is 10.0 Å². The summed E-state index contributed by atoms with van der Waals surface area (Å²) in [5.41, 5.74) is 0. The summed E-state index contributed by atoms with van der Waals surface area (Å²) in [4.78, 5) is 22.1. The van der Waals surface area contributed by atoms with Crippen LogP contribution in [-0.2, 0) is 19.6 Å². The second kappa shape index (κ2) is 4.85. The van der Waals surface area contributed by atoms with Crippen LogP contribution in [0.1, 0.15) is 13.8 Å². The van der Waals surface area contributed by atoms with E-state index in [0.717, 1.165) is 13.8 Å². The first-order chi connectivity index (χ1) is 7.78. The second-order valence-corrected chi connectivity index (χ2v) is 5.40. The van der Waals surface area contributed by atoms with E-state index in [2.05, 4.69) is 0 Å². The van der Waals surface area contributed by atoms with Gasteiger partial charge in [-0.25, -0.2) is 8.42 Å². The highest BCUT2D eigenvalue weighted by Crippen LogP contribution is 2.24. The summed E-state index contributed by atoms with van der Waals surface area (Å²) in [6, 6.07) is 5.61. The fourth-order valence-corrected chi connectivity index (χ4v) is 3.18. The number of sulfonamides is 1. The highest BCUT2D eigenvalue weighted by atomic mass is 35.5. The van der Waals surface area contributed by atoms with Gasteiger partial charge in [-0.1, -0.05) is 23.7 Å². The molecule has 5 nitrogen and oxygen atoms in total. The molecule has 0 radical (unpaired) electrons. The Kier molecular flexibility index (Phi) is 3.90. The molecule has 0 fully saturated rings. The first kappa shape index (κ1) is 13.7. The fraction of sp³-hybridized carbons (Fsp3) is 0.200. The third kappa shape index (κ3) is 2.65. The lowest BCUT2D eigenvalue weighted by Gasteiger charge is -2.17. The molecule has 0 atom stereocenters. The molecule has 1 aromatic carbocycles. The smallest absolute Gasteiger partial charge is 0.274 e. The molecule has 1 rings (SSSR count). The molecule has 0 spiro atoms. The molecule has 17 heavy (non-hydrogen) atoms. The third-order valence-corrected chi connectivity index (χ3v) is 4.28. The van der Waals surface area contributed by atoms with Crippen molar-refractivity contribution in [2.45, 2.75) is 18.7 Å². The van der Waals surface area contributed by atoms with E-state index in [4.69, 9.17) is 11.6 Å². The first-order valence-corrected chi connectivity index (χ1v) is 6.41. The van der Waals surface area contributed by atoms with E-state index in [9.17, 15) is 18.0 Å². The number of hydrogen-bond acceptors (Lipinski definition) is 4. The van der Waals surface area contributed by atoms with E-state index in [-0.39, 0.29) is 14.2 Å². The monoisotopic (exact) mass is 275 g/mol. The van der Waals surface area contributed by atoms with Crippen LogP contribution in [0.15, 0.2) is 29.2 Å². The largest absolute Gasteiger partial charge is 0.274 e. The van der Waals surface area contributed by atoms with E-state index < -0.39 is 21.8 Å². The summed E-state index contributed by atoms with van der Waals surface area (Å²) in [5, 5.41) is -0.0417. The number of hydrogen-bond donors (Lipinski definition) is 0. The van der Waals surface area contributed by atoms with Gasteiger partial charge in [0.15, 0.2) is 0 Å². The van der Waals surface area contributed by atoms with Crippen molar-refractivity contribution < 1.29 is 18.0 Å². The van der Waals surface area contributed by atoms with Crippen LogP contribution in [0.25, 0.3) is 0 Å². The number of halogens is 1. The van der Waals surface area contributed by atoms with Crippen LogP contribution < -0.4 is 0 Å². The molecule has 0 aliphatic heterocycles. The van der Waals surface area contributed by atoms with Gasteiger partial charge in [0.05, 0.1) is 5.02 Å². The Morgan fingerprint density at radius 2 is 1.59 bits per heavy atom. The van der Waals surface area contributed by atoms with Gasteiger partial charge < -0.3 is 0 Å². The molecular formula is C10H10ClNO4S. The average Bonchev–Trinajstić information content (AvgIpc) is 2.15.